The fraction of sp³-hybridized carbons (Fsp3) is 0.188. The molecule has 0 fully saturated rings. The number of nitrogens with zero attached hydrogens (tertiary/aromatic N) is 1. The zero-order valence-electron chi connectivity index (χ0n) is 11.4. The van der Waals surface area contributed by atoms with E-state index >= 15 is 0 Å². The average Bonchev–Trinajstić information content (AvgIpc) is 2.93. The first-order chi connectivity index (χ1) is 9.85. The quantitative estimate of drug-likeness (QED) is 0.702. The summed E-state index contributed by atoms with van der Waals surface area (Å²) in [5.41, 5.74) is 1.07. The van der Waals surface area contributed by atoms with E-state index in [-0.39, 0.29) is 0 Å². The summed E-state index contributed by atoms with van der Waals surface area (Å²) in [6, 6.07) is 14.5. The molecule has 0 aliphatic carbocycles. The summed E-state index contributed by atoms with van der Waals surface area (Å²) in [6.07, 6.45) is 1.09. The molecule has 102 valence electrons. The zero-order chi connectivity index (χ0) is 13.8. The molecule has 3 nitrogen and oxygen atoms in total. The summed E-state index contributed by atoms with van der Waals surface area (Å²) in [7, 11) is 0. The minimum absolute atomic E-state index is 0.862. The van der Waals surface area contributed by atoms with Crippen LogP contribution in [0.4, 0.5) is 17.3 Å². The lowest BCUT2D eigenvalue weighted by molar-refractivity contribution is 0.970. The van der Waals surface area contributed by atoms with E-state index in [4.69, 9.17) is 0 Å². The molecule has 3 aromatic rings. The Balaban J connectivity index is 1.79. The van der Waals surface area contributed by atoms with Crippen LogP contribution in [-0.2, 0) is 0 Å². The number of anilines is 3. The van der Waals surface area contributed by atoms with Gasteiger partial charge in [0.25, 0.3) is 0 Å². The van der Waals surface area contributed by atoms with Crippen LogP contribution >= 0.6 is 11.3 Å². The first-order valence-corrected chi connectivity index (χ1v) is 7.68. The number of rotatable bonds is 5. The first-order valence-electron chi connectivity index (χ1n) is 6.80. The fourth-order valence-electron chi connectivity index (χ4n) is 2.05. The Morgan fingerprint density at radius 1 is 1.10 bits per heavy atom. The summed E-state index contributed by atoms with van der Waals surface area (Å²) in [6.45, 7) is 3.09. The third-order valence-corrected chi connectivity index (χ3v) is 3.93. The van der Waals surface area contributed by atoms with Crippen molar-refractivity contribution >= 4 is 38.7 Å². The molecule has 0 saturated carbocycles. The van der Waals surface area contributed by atoms with Crippen LogP contribution in [0.5, 0.6) is 0 Å². The highest BCUT2D eigenvalue weighted by atomic mass is 32.1. The molecule has 20 heavy (non-hydrogen) atoms. The standard InChI is InChI=1S/C16H17N3S/c1-2-9-17-15-4-3-5-16(19-15)18-13-6-7-14-12(11-13)8-10-20-14/h3-8,10-11H,2,9H2,1H3,(H2,17,18,19). The molecule has 0 amide bonds. The van der Waals surface area contributed by atoms with Gasteiger partial charge < -0.3 is 10.6 Å². The maximum atomic E-state index is 4.55. The molecule has 3 rings (SSSR count). The second-order valence-electron chi connectivity index (χ2n) is 4.63. The van der Waals surface area contributed by atoms with E-state index in [0.717, 1.165) is 30.3 Å². The normalized spacial score (nSPS) is 10.7. The van der Waals surface area contributed by atoms with Gasteiger partial charge in [-0.3, -0.25) is 0 Å². The van der Waals surface area contributed by atoms with E-state index in [0.29, 0.717) is 0 Å². The molecule has 0 bridgehead atoms. The van der Waals surface area contributed by atoms with Crippen LogP contribution in [0.3, 0.4) is 0 Å². The predicted molar refractivity (Wildman–Crippen MR) is 88.1 cm³/mol. The Labute approximate surface area is 122 Å². The van der Waals surface area contributed by atoms with Crippen LogP contribution in [0.25, 0.3) is 10.1 Å². The molecule has 0 spiro atoms. The second kappa shape index (κ2) is 5.92. The molecule has 1 aromatic carbocycles. The van der Waals surface area contributed by atoms with E-state index in [1.165, 1.54) is 10.1 Å². The number of aromatic nitrogens is 1. The van der Waals surface area contributed by atoms with Gasteiger partial charge in [-0.05, 0) is 53.6 Å². The molecule has 0 aliphatic rings. The monoisotopic (exact) mass is 283 g/mol. The first kappa shape index (κ1) is 12.9. The number of hydrogen-bond donors (Lipinski definition) is 2. The molecule has 2 aromatic heterocycles. The Morgan fingerprint density at radius 3 is 2.90 bits per heavy atom. The Morgan fingerprint density at radius 2 is 2.00 bits per heavy atom. The van der Waals surface area contributed by atoms with Gasteiger partial charge in [-0.1, -0.05) is 13.0 Å². The van der Waals surface area contributed by atoms with Crippen molar-refractivity contribution in [3.8, 4) is 0 Å². The van der Waals surface area contributed by atoms with Gasteiger partial charge in [-0.15, -0.1) is 11.3 Å². The van der Waals surface area contributed by atoms with Gasteiger partial charge in [-0.2, -0.15) is 0 Å². The summed E-state index contributed by atoms with van der Waals surface area (Å²) in [4.78, 5) is 4.55. The summed E-state index contributed by atoms with van der Waals surface area (Å²) >= 11 is 1.76. The number of fused-ring (bicyclic) bond motifs is 1. The minimum atomic E-state index is 0.862. The van der Waals surface area contributed by atoms with Crippen molar-refractivity contribution in [3.05, 3.63) is 47.8 Å². The zero-order valence-corrected chi connectivity index (χ0v) is 12.2. The SMILES string of the molecule is CCCNc1cccc(Nc2ccc3sccc3c2)n1. The third-order valence-electron chi connectivity index (χ3n) is 3.03. The molecule has 0 saturated heterocycles. The highest BCUT2D eigenvalue weighted by Gasteiger charge is 2.00. The Kier molecular flexibility index (Phi) is 3.83. The second-order valence-corrected chi connectivity index (χ2v) is 5.58. The summed E-state index contributed by atoms with van der Waals surface area (Å²) in [5, 5.41) is 10.0. The number of hydrogen-bond acceptors (Lipinski definition) is 4. The molecule has 0 aliphatic heterocycles. The van der Waals surface area contributed by atoms with Gasteiger partial charge in [0.2, 0.25) is 0 Å². The molecule has 0 atom stereocenters. The fourth-order valence-corrected chi connectivity index (χ4v) is 2.82. The van der Waals surface area contributed by atoms with Crippen LogP contribution in [0.1, 0.15) is 13.3 Å². The van der Waals surface area contributed by atoms with Crippen LogP contribution in [0, 0.1) is 0 Å². The Bertz CT molecular complexity index is 706. The van der Waals surface area contributed by atoms with Crippen LogP contribution in [0.2, 0.25) is 0 Å². The van der Waals surface area contributed by atoms with Crippen molar-refractivity contribution in [2.75, 3.05) is 17.2 Å². The van der Waals surface area contributed by atoms with Crippen molar-refractivity contribution in [1.82, 2.24) is 4.98 Å². The van der Waals surface area contributed by atoms with Crippen molar-refractivity contribution < 1.29 is 0 Å². The average molecular weight is 283 g/mol. The van der Waals surface area contributed by atoms with Crippen molar-refractivity contribution in [2.24, 2.45) is 0 Å². The molecular weight excluding hydrogens is 266 g/mol. The smallest absolute Gasteiger partial charge is 0.132 e. The van der Waals surface area contributed by atoms with Crippen LogP contribution in [-0.4, -0.2) is 11.5 Å². The van der Waals surface area contributed by atoms with Crippen LogP contribution < -0.4 is 10.6 Å². The number of nitrogens with one attached hydrogen (secondary N) is 2. The molecule has 4 heteroatoms. The van der Waals surface area contributed by atoms with Gasteiger partial charge in [0, 0.05) is 16.9 Å². The van der Waals surface area contributed by atoms with Gasteiger partial charge in [0.05, 0.1) is 0 Å². The van der Waals surface area contributed by atoms with Gasteiger partial charge >= 0.3 is 0 Å². The summed E-state index contributed by atoms with van der Waals surface area (Å²) < 4.78 is 1.31. The molecule has 2 N–H and O–H groups in total. The topological polar surface area (TPSA) is 37.0 Å². The third kappa shape index (κ3) is 2.91. The lowest BCUT2D eigenvalue weighted by atomic mass is 10.2. The molecule has 0 radical (unpaired) electrons. The van der Waals surface area contributed by atoms with E-state index < -0.39 is 0 Å². The van der Waals surface area contributed by atoms with Crippen molar-refractivity contribution in [1.29, 1.82) is 0 Å². The summed E-state index contributed by atoms with van der Waals surface area (Å²) in [5.74, 6) is 1.77. The lowest BCUT2D eigenvalue weighted by Crippen LogP contribution is -2.03. The lowest BCUT2D eigenvalue weighted by Gasteiger charge is -2.08. The number of pyridine rings is 1. The molecule has 2 heterocycles. The maximum Gasteiger partial charge on any atom is 0.132 e. The highest BCUT2D eigenvalue weighted by molar-refractivity contribution is 7.17. The molecular formula is C16H17N3S. The highest BCUT2D eigenvalue weighted by Crippen LogP contribution is 2.25. The minimum Gasteiger partial charge on any atom is -0.370 e. The van der Waals surface area contributed by atoms with Gasteiger partial charge in [-0.25, -0.2) is 4.98 Å². The van der Waals surface area contributed by atoms with E-state index in [1.807, 2.05) is 18.2 Å². The predicted octanol–water partition coefficient (Wildman–Crippen LogP) is 4.86. The van der Waals surface area contributed by atoms with Crippen LogP contribution in [0.15, 0.2) is 47.8 Å². The number of benzene rings is 1. The Hall–Kier alpha value is -2.07. The largest absolute Gasteiger partial charge is 0.370 e. The maximum absolute atomic E-state index is 4.55. The van der Waals surface area contributed by atoms with Gasteiger partial charge in [0.15, 0.2) is 0 Å². The van der Waals surface area contributed by atoms with E-state index in [9.17, 15) is 0 Å². The van der Waals surface area contributed by atoms with Crippen molar-refractivity contribution in [3.63, 3.8) is 0 Å². The molecule has 0 unspecified atom stereocenters. The van der Waals surface area contributed by atoms with Crippen molar-refractivity contribution in [2.45, 2.75) is 13.3 Å². The number of thiophene rings is 1. The van der Waals surface area contributed by atoms with E-state index in [1.54, 1.807) is 11.3 Å². The van der Waals surface area contributed by atoms with Gasteiger partial charge in [0.1, 0.15) is 11.6 Å². The van der Waals surface area contributed by atoms with E-state index in [2.05, 4.69) is 52.2 Å².